The first kappa shape index (κ1) is 19.7. The number of guanidine groups is 1. The number of rotatable bonds is 6. The molecule has 0 spiro atoms. The van der Waals surface area contributed by atoms with Crippen molar-refractivity contribution in [3.05, 3.63) is 22.4 Å². The van der Waals surface area contributed by atoms with Crippen molar-refractivity contribution in [2.24, 2.45) is 4.99 Å². The summed E-state index contributed by atoms with van der Waals surface area (Å²) >= 11 is 1.73. The third-order valence-electron chi connectivity index (χ3n) is 3.76. The van der Waals surface area contributed by atoms with Crippen LogP contribution in [0.2, 0.25) is 0 Å². The third-order valence-corrected chi connectivity index (χ3v) is 4.50. The van der Waals surface area contributed by atoms with Crippen LogP contribution in [0.15, 0.2) is 21.8 Å². The molecule has 1 saturated heterocycles. The second-order valence-electron chi connectivity index (χ2n) is 5.51. The van der Waals surface area contributed by atoms with E-state index in [-0.39, 0.29) is 24.0 Å². The monoisotopic (exact) mass is 436 g/mol. The van der Waals surface area contributed by atoms with Crippen LogP contribution in [0.1, 0.15) is 38.2 Å². The summed E-state index contributed by atoms with van der Waals surface area (Å²) in [5.74, 6) is 0.929. The third kappa shape index (κ3) is 7.78. The van der Waals surface area contributed by atoms with E-state index in [0.29, 0.717) is 0 Å². The number of aliphatic imine (C=N–C) groups is 1. The zero-order chi connectivity index (χ0) is 14.8. The summed E-state index contributed by atoms with van der Waals surface area (Å²) in [5, 5.41) is 11.0. The van der Waals surface area contributed by atoms with Crippen LogP contribution in [-0.4, -0.2) is 43.6 Å². The van der Waals surface area contributed by atoms with E-state index in [1.807, 2.05) is 0 Å². The molecule has 1 aromatic heterocycles. The molecular weight excluding hydrogens is 407 g/mol. The second kappa shape index (κ2) is 12.1. The zero-order valence-electron chi connectivity index (χ0n) is 13.5. The highest BCUT2D eigenvalue weighted by Gasteiger charge is 2.08. The van der Waals surface area contributed by atoms with Crippen molar-refractivity contribution in [3.63, 3.8) is 0 Å². The fourth-order valence-electron chi connectivity index (χ4n) is 2.59. The van der Waals surface area contributed by atoms with Crippen LogP contribution in [0.4, 0.5) is 0 Å². The molecular formula is C16H29IN4S. The molecule has 0 unspecified atom stereocenters. The molecule has 4 nitrogen and oxygen atoms in total. The highest BCUT2D eigenvalue weighted by Crippen LogP contribution is 2.09. The average Bonchev–Trinajstić information content (AvgIpc) is 2.88. The number of hydrogen-bond acceptors (Lipinski definition) is 3. The molecule has 22 heavy (non-hydrogen) atoms. The molecule has 0 saturated carbocycles. The minimum absolute atomic E-state index is 0. The maximum absolute atomic E-state index is 4.64. The molecule has 1 fully saturated rings. The van der Waals surface area contributed by atoms with E-state index in [1.54, 1.807) is 11.3 Å². The van der Waals surface area contributed by atoms with E-state index >= 15 is 0 Å². The predicted molar refractivity (Wildman–Crippen MR) is 107 cm³/mol. The Hall–Kier alpha value is -0.340. The molecule has 0 aromatic carbocycles. The highest BCUT2D eigenvalue weighted by atomic mass is 127. The number of nitrogens with one attached hydrogen (secondary N) is 2. The SMILES string of the molecule is CCNC(=NCc1ccsc1)NCCN1CCCCCC1.I. The normalized spacial score (nSPS) is 16.7. The molecule has 0 amide bonds. The lowest BCUT2D eigenvalue weighted by atomic mass is 10.2. The van der Waals surface area contributed by atoms with Gasteiger partial charge < -0.3 is 15.5 Å². The van der Waals surface area contributed by atoms with Gasteiger partial charge in [0.1, 0.15) is 0 Å². The molecule has 0 atom stereocenters. The standard InChI is InChI=1S/C16H28N4S.HI/c1-2-17-16(19-13-15-7-12-21-14-15)18-8-11-20-9-5-3-4-6-10-20;/h7,12,14H,2-6,8-11,13H2,1H3,(H2,17,18,19);1H. The number of thiophene rings is 1. The Morgan fingerprint density at radius 1 is 1.23 bits per heavy atom. The molecule has 1 aliphatic heterocycles. The molecule has 2 heterocycles. The van der Waals surface area contributed by atoms with Gasteiger partial charge in [-0.2, -0.15) is 11.3 Å². The van der Waals surface area contributed by atoms with Gasteiger partial charge in [-0.3, -0.25) is 0 Å². The summed E-state index contributed by atoms with van der Waals surface area (Å²) in [6, 6.07) is 2.13. The van der Waals surface area contributed by atoms with Crippen molar-refractivity contribution in [3.8, 4) is 0 Å². The fraction of sp³-hybridized carbons (Fsp3) is 0.688. The molecule has 1 aliphatic rings. The van der Waals surface area contributed by atoms with Crippen molar-refractivity contribution < 1.29 is 0 Å². The Kier molecular flexibility index (Phi) is 10.9. The number of halogens is 1. The maximum Gasteiger partial charge on any atom is 0.191 e. The molecule has 1 aromatic rings. The first-order chi connectivity index (χ1) is 10.4. The zero-order valence-corrected chi connectivity index (χ0v) is 16.7. The Balaban J connectivity index is 0.00000242. The quantitative estimate of drug-likeness (QED) is 0.409. The van der Waals surface area contributed by atoms with Gasteiger partial charge in [0.15, 0.2) is 5.96 Å². The van der Waals surface area contributed by atoms with Crippen LogP contribution >= 0.6 is 35.3 Å². The minimum Gasteiger partial charge on any atom is -0.357 e. The highest BCUT2D eigenvalue weighted by molar-refractivity contribution is 14.0. The van der Waals surface area contributed by atoms with Crippen LogP contribution in [0.3, 0.4) is 0 Å². The smallest absolute Gasteiger partial charge is 0.191 e. The van der Waals surface area contributed by atoms with Gasteiger partial charge in [0.2, 0.25) is 0 Å². The molecule has 126 valence electrons. The van der Waals surface area contributed by atoms with Crippen LogP contribution in [0.25, 0.3) is 0 Å². The van der Waals surface area contributed by atoms with Crippen molar-refractivity contribution in [2.75, 3.05) is 32.7 Å². The van der Waals surface area contributed by atoms with Crippen LogP contribution in [-0.2, 0) is 6.54 Å². The van der Waals surface area contributed by atoms with Crippen molar-refractivity contribution in [1.29, 1.82) is 0 Å². The second-order valence-corrected chi connectivity index (χ2v) is 6.29. The van der Waals surface area contributed by atoms with Crippen molar-refractivity contribution >= 4 is 41.3 Å². The lowest BCUT2D eigenvalue weighted by molar-refractivity contribution is 0.289. The van der Waals surface area contributed by atoms with E-state index < -0.39 is 0 Å². The molecule has 6 heteroatoms. The van der Waals surface area contributed by atoms with Crippen LogP contribution < -0.4 is 10.6 Å². The van der Waals surface area contributed by atoms with Gasteiger partial charge >= 0.3 is 0 Å². The minimum atomic E-state index is 0. The van der Waals surface area contributed by atoms with Crippen LogP contribution in [0.5, 0.6) is 0 Å². The largest absolute Gasteiger partial charge is 0.357 e. The lowest BCUT2D eigenvalue weighted by Gasteiger charge is -2.20. The Bertz CT molecular complexity index is 400. The number of nitrogens with zero attached hydrogens (tertiary/aromatic N) is 2. The van der Waals surface area contributed by atoms with E-state index in [9.17, 15) is 0 Å². The number of hydrogen-bond donors (Lipinski definition) is 2. The average molecular weight is 436 g/mol. The Morgan fingerprint density at radius 2 is 2.00 bits per heavy atom. The molecule has 0 aliphatic carbocycles. The Morgan fingerprint density at radius 3 is 2.64 bits per heavy atom. The van der Waals surface area contributed by atoms with E-state index in [0.717, 1.165) is 32.1 Å². The Labute approximate surface area is 155 Å². The molecule has 0 bridgehead atoms. The molecule has 0 radical (unpaired) electrons. The van der Waals surface area contributed by atoms with Crippen molar-refractivity contribution in [1.82, 2.24) is 15.5 Å². The number of likely N-dealkylation sites (tertiary alicyclic amines) is 1. The van der Waals surface area contributed by atoms with Gasteiger partial charge in [0.05, 0.1) is 6.54 Å². The lowest BCUT2D eigenvalue weighted by Crippen LogP contribution is -2.41. The van der Waals surface area contributed by atoms with Gasteiger partial charge in [0, 0.05) is 19.6 Å². The summed E-state index contributed by atoms with van der Waals surface area (Å²) in [6.45, 7) is 8.35. The van der Waals surface area contributed by atoms with Crippen LogP contribution in [0, 0.1) is 0 Å². The summed E-state index contributed by atoms with van der Waals surface area (Å²) < 4.78 is 0. The van der Waals surface area contributed by atoms with Gasteiger partial charge in [-0.05, 0) is 55.2 Å². The molecule has 2 N–H and O–H groups in total. The first-order valence-electron chi connectivity index (χ1n) is 8.14. The summed E-state index contributed by atoms with van der Waals surface area (Å²) in [7, 11) is 0. The first-order valence-corrected chi connectivity index (χ1v) is 9.08. The summed E-state index contributed by atoms with van der Waals surface area (Å²) in [4.78, 5) is 7.21. The molecule has 2 rings (SSSR count). The van der Waals surface area contributed by atoms with Gasteiger partial charge in [0.25, 0.3) is 0 Å². The van der Waals surface area contributed by atoms with E-state index in [4.69, 9.17) is 0 Å². The maximum atomic E-state index is 4.64. The van der Waals surface area contributed by atoms with E-state index in [2.05, 4.69) is 44.3 Å². The van der Waals surface area contributed by atoms with Gasteiger partial charge in [-0.1, -0.05) is 12.8 Å². The summed E-state index contributed by atoms with van der Waals surface area (Å²) in [5.41, 5.74) is 1.28. The van der Waals surface area contributed by atoms with E-state index in [1.165, 1.54) is 44.3 Å². The topological polar surface area (TPSA) is 39.7 Å². The van der Waals surface area contributed by atoms with Gasteiger partial charge in [-0.15, -0.1) is 24.0 Å². The van der Waals surface area contributed by atoms with Gasteiger partial charge in [-0.25, -0.2) is 4.99 Å². The summed E-state index contributed by atoms with van der Waals surface area (Å²) in [6.07, 6.45) is 5.50. The predicted octanol–water partition coefficient (Wildman–Crippen LogP) is 3.30. The fourth-order valence-corrected chi connectivity index (χ4v) is 3.25. The van der Waals surface area contributed by atoms with Crippen molar-refractivity contribution in [2.45, 2.75) is 39.2 Å².